The van der Waals surface area contributed by atoms with Crippen molar-refractivity contribution in [3.8, 4) is 0 Å². The Balaban J connectivity index is 1.45. The molecule has 0 unspecified atom stereocenters. The van der Waals surface area contributed by atoms with E-state index >= 15 is 0 Å². The Labute approximate surface area is 214 Å². The molecule has 0 spiro atoms. The van der Waals surface area contributed by atoms with Gasteiger partial charge in [0.15, 0.2) is 0 Å². The first-order chi connectivity index (χ1) is 17.1. The number of fused-ring (bicyclic) bond motifs is 1. The van der Waals surface area contributed by atoms with E-state index in [4.69, 9.17) is 16.3 Å². The summed E-state index contributed by atoms with van der Waals surface area (Å²) < 4.78 is 5.32. The number of thiophene rings is 1. The normalized spacial score (nSPS) is 20.2. The molecule has 0 bridgehead atoms. The van der Waals surface area contributed by atoms with Crippen LogP contribution in [-0.2, 0) is 9.53 Å². The summed E-state index contributed by atoms with van der Waals surface area (Å²) in [5.41, 5.74) is 2.53. The lowest BCUT2D eigenvalue weighted by Crippen LogP contribution is -2.53. The molecule has 3 aromatic rings. The average Bonchev–Trinajstić information content (AvgIpc) is 3.43. The number of benzene rings is 2. The summed E-state index contributed by atoms with van der Waals surface area (Å²) in [7, 11) is 1.63. The van der Waals surface area contributed by atoms with Gasteiger partial charge in [0.1, 0.15) is 0 Å². The zero-order valence-electron chi connectivity index (χ0n) is 19.6. The molecule has 8 heteroatoms. The maximum Gasteiger partial charge on any atom is 0.254 e. The van der Waals surface area contributed by atoms with Crippen molar-refractivity contribution in [2.75, 3.05) is 51.3 Å². The molecular weight excluding hydrogens is 482 g/mol. The molecule has 3 heterocycles. The second kappa shape index (κ2) is 10.4. The van der Waals surface area contributed by atoms with Crippen molar-refractivity contribution in [1.29, 1.82) is 0 Å². The number of amides is 2. The van der Waals surface area contributed by atoms with Gasteiger partial charge in [-0.15, -0.1) is 11.3 Å². The average molecular weight is 510 g/mol. The highest BCUT2D eigenvalue weighted by Crippen LogP contribution is 2.45. The third-order valence-corrected chi connectivity index (χ3v) is 8.05. The van der Waals surface area contributed by atoms with E-state index in [-0.39, 0.29) is 17.9 Å². The molecule has 2 aliphatic rings. The fraction of sp³-hybridized carbons (Fsp3) is 0.333. The Morgan fingerprint density at radius 1 is 1.03 bits per heavy atom. The zero-order chi connectivity index (χ0) is 24.4. The van der Waals surface area contributed by atoms with Crippen LogP contribution in [-0.4, -0.2) is 68.1 Å². The molecule has 0 N–H and O–H groups in total. The van der Waals surface area contributed by atoms with E-state index in [1.165, 1.54) is 0 Å². The Morgan fingerprint density at radius 3 is 2.46 bits per heavy atom. The summed E-state index contributed by atoms with van der Waals surface area (Å²) in [6.45, 7) is 3.60. The molecule has 5 rings (SSSR count). The van der Waals surface area contributed by atoms with E-state index in [1.807, 2.05) is 75.8 Å². The van der Waals surface area contributed by atoms with Crippen molar-refractivity contribution in [2.45, 2.75) is 12.0 Å². The molecule has 1 aromatic heterocycles. The summed E-state index contributed by atoms with van der Waals surface area (Å²) in [5, 5.41) is 2.71. The van der Waals surface area contributed by atoms with Crippen molar-refractivity contribution in [2.24, 2.45) is 0 Å². The van der Waals surface area contributed by atoms with Crippen LogP contribution in [0.15, 0.2) is 66.0 Å². The number of ether oxygens (including phenoxy) is 1. The number of carbonyl (C=O) groups is 2. The number of nitrogens with zero attached hydrogens (tertiary/aromatic N) is 3. The minimum Gasteiger partial charge on any atom is -0.383 e. The largest absolute Gasteiger partial charge is 0.383 e. The third-order valence-electron chi connectivity index (χ3n) is 6.86. The Kier molecular flexibility index (Phi) is 7.09. The number of hydrogen-bond acceptors (Lipinski definition) is 5. The predicted molar refractivity (Wildman–Crippen MR) is 139 cm³/mol. The summed E-state index contributed by atoms with van der Waals surface area (Å²) >= 11 is 7.63. The lowest BCUT2D eigenvalue weighted by atomic mass is 9.81. The van der Waals surface area contributed by atoms with Gasteiger partial charge in [0.05, 0.1) is 18.6 Å². The van der Waals surface area contributed by atoms with Gasteiger partial charge in [0.2, 0.25) is 5.91 Å². The van der Waals surface area contributed by atoms with Gasteiger partial charge < -0.3 is 19.4 Å². The van der Waals surface area contributed by atoms with Gasteiger partial charge in [-0.25, -0.2) is 0 Å². The van der Waals surface area contributed by atoms with Crippen LogP contribution in [0.2, 0.25) is 5.02 Å². The first kappa shape index (κ1) is 23.9. The Hall–Kier alpha value is -2.87. The highest BCUT2D eigenvalue weighted by molar-refractivity contribution is 7.10. The van der Waals surface area contributed by atoms with Crippen LogP contribution in [0.25, 0.3) is 0 Å². The van der Waals surface area contributed by atoms with Crippen LogP contribution in [0.3, 0.4) is 0 Å². The van der Waals surface area contributed by atoms with Crippen LogP contribution < -0.4 is 4.90 Å². The summed E-state index contributed by atoms with van der Waals surface area (Å²) in [5.74, 6) is -0.435. The number of halogens is 1. The molecule has 35 heavy (non-hydrogen) atoms. The molecule has 6 nitrogen and oxygen atoms in total. The van der Waals surface area contributed by atoms with E-state index in [0.29, 0.717) is 36.8 Å². The van der Waals surface area contributed by atoms with E-state index in [1.54, 1.807) is 18.4 Å². The lowest BCUT2D eigenvalue weighted by molar-refractivity contribution is -0.135. The number of rotatable bonds is 6. The van der Waals surface area contributed by atoms with Crippen molar-refractivity contribution >= 4 is 40.4 Å². The highest BCUT2D eigenvalue weighted by atomic mass is 35.5. The summed E-state index contributed by atoms with van der Waals surface area (Å²) in [6, 6.07) is 19.0. The van der Waals surface area contributed by atoms with Crippen LogP contribution in [0.5, 0.6) is 0 Å². The van der Waals surface area contributed by atoms with Gasteiger partial charge in [-0.3, -0.25) is 9.59 Å². The molecule has 1 fully saturated rings. The third kappa shape index (κ3) is 4.68. The number of carbonyl (C=O) groups excluding carboxylic acids is 2. The van der Waals surface area contributed by atoms with Gasteiger partial charge in [-0.2, -0.15) is 0 Å². The van der Waals surface area contributed by atoms with Gasteiger partial charge in [0.25, 0.3) is 5.91 Å². The molecule has 0 aliphatic carbocycles. The molecular formula is C27H28ClN3O3S. The minimum absolute atomic E-state index is 0.0485. The summed E-state index contributed by atoms with van der Waals surface area (Å²) in [4.78, 5) is 34.8. The SMILES string of the molecule is COCCN1C(=O)c2ccccc2[C@@H](C(=O)N2CCN(c3ccc(Cl)cc3)CC2)[C@@H]1c1cccs1. The number of piperazine rings is 1. The van der Waals surface area contributed by atoms with Crippen LogP contribution in [0.4, 0.5) is 5.69 Å². The molecule has 1 saturated heterocycles. The second-order valence-electron chi connectivity index (χ2n) is 8.81. The maximum atomic E-state index is 14.2. The Morgan fingerprint density at radius 2 is 1.77 bits per heavy atom. The quantitative estimate of drug-likeness (QED) is 0.484. The van der Waals surface area contributed by atoms with Gasteiger partial charge in [-0.05, 0) is 47.3 Å². The molecule has 182 valence electrons. The summed E-state index contributed by atoms with van der Waals surface area (Å²) in [6.07, 6.45) is 0. The monoisotopic (exact) mass is 509 g/mol. The molecule has 2 aromatic carbocycles. The smallest absolute Gasteiger partial charge is 0.254 e. The lowest BCUT2D eigenvalue weighted by Gasteiger charge is -2.44. The minimum atomic E-state index is -0.457. The van der Waals surface area contributed by atoms with Crippen molar-refractivity contribution in [1.82, 2.24) is 9.80 Å². The van der Waals surface area contributed by atoms with Crippen molar-refractivity contribution in [3.05, 3.63) is 87.1 Å². The number of hydrogen-bond donors (Lipinski definition) is 0. The van der Waals surface area contributed by atoms with E-state index < -0.39 is 5.92 Å². The molecule has 0 radical (unpaired) electrons. The topological polar surface area (TPSA) is 53.1 Å². The van der Waals surface area contributed by atoms with Gasteiger partial charge in [0, 0.05) is 61.0 Å². The van der Waals surface area contributed by atoms with Crippen molar-refractivity contribution in [3.63, 3.8) is 0 Å². The van der Waals surface area contributed by atoms with Crippen LogP contribution in [0.1, 0.15) is 32.8 Å². The maximum absolute atomic E-state index is 14.2. The number of anilines is 1. The fourth-order valence-electron chi connectivity index (χ4n) is 5.10. The predicted octanol–water partition coefficient (Wildman–Crippen LogP) is 4.68. The van der Waals surface area contributed by atoms with E-state index in [9.17, 15) is 9.59 Å². The van der Waals surface area contributed by atoms with Crippen LogP contribution in [0, 0.1) is 0 Å². The molecule has 2 atom stereocenters. The van der Waals surface area contributed by atoms with E-state index in [2.05, 4.69) is 4.90 Å². The van der Waals surface area contributed by atoms with Gasteiger partial charge >= 0.3 is 0 Å². The van der Waals surface area contributed by atoms with E-state index in [0.717, 1.165) is 29.2 Å². The van der Waals surface area contributed by atoms with Crippen LogP contribution >= 0.6 is 22.9 Å². The number of methoxy groups -OCH3 is 1. The zero-order valence-corrected chi connectivity index (χ0v) is 21.2. The standard InChI is InChI=1S/C27H28ClN3O3S/c1-34-17-16-31-25(23-7-4-18-35-23)24(21-5-2-3-6-22(21)26(31)32)27(33)30-14-12-29(13-15-30)20-10-8-19(28)9-11-20/h2-11,18,24-25H,12-17H2,1H3/t24-,25+/m1/s1. The first-order valence-corrected chi connectivity index (χ1v) is 13.1. The Bertz CT molecular complexity index is 1180. The first-order valence-electron chi connectivity index (χ1n) is 11.8. The highest BCUT2D eigenvalue weighted by Gasteiger charge is 2.46. The van der Waals surface area contributed by atoms with Crippen molar-refractivity contribution < 1.29 is 14.3 Å². The molecule has 2 amide bonds. The molecule has 0 saturated carbocycles. The molecule has 2 aliphatic heterocycles. The fourth-order valence-corrected chi connectivity index (χ4v) is 6.10. The second-order valence-corrected chi connectivity index (χ2v) is 10.2. The van der Waals surface area contributed by atoms with Gasteiger partial charge in [-0.1, -0.05) is 35.9 Å².